The summed E-state index contributed by atoms with van der Waals surface area (Å²) in [5, 5.41) is 3.65. The highest BCUT2D eigenvalue weighted by Crippen LogP contribution is 2.22. The van der Waals surface area contributed by atoms with Crippen LogP contribution in [0.1, 0.15) is 39.7 Å². The Labute approximate surface area is 200 Å². The average molecular weight is 502 g/mol. The van der Waals surface area contributed by atoms with Crippen molar-refractivity contribution < 1.29 is 4.79 Å². The Hall–Kier alpha value is -3.51. The van der Waals surface area contributed by atoms with E-state index in [2.05, 4.69) is 26.2 Å². The lowest BCUT2D eigenvalue weighted by atomic mass is 9.95. The maximum atomic E-state index is 13.7. The molecule has 33 heavy (non-hydrogen) atoms. The zero-order valence-corrected chi connectivity index (χ0v) is 20.3. The van der Waals surface area contributed by atoms with Crippen LogP contribution in [0.2, 0.25) is 0 Å². The fourth-order valence-corrected chi connectivity index (χ4v) is 4.39. The van der Waals surface area contributed by atoms with Crippen LogP contribution < -0.4 is 10.7 Å². The number of allylic oxidation sites excluding steroid dienone is 1. The van der Waals surface area contributed by atoms with Crippen molar-refractivity contribution in [2.45, 2.75) is 20.4 Å². The van der Waals surface area contributed by atoms with Crippen molar-refractivity contribution in [2.75, 3.05) is 7.05 Å². The van der Waals surface area contributed by atoms with Crippen molar-refractivity contribution in [1.29, 1.82) is 0 Å². The lowest BCUT2D eigenvalue weighted by molar-refractivity contribution is 0.103. The Bertz CT molecular complexity index is 1450. The molecule has 6 heteroatoms. The van der Waals surface area contributed by atoms with E-state index in [1.807, 2.05) is 86.1 Å². The van der Waals surface area contributed by atoms with E-state index in [-0.39, 0.29) is 16.8 Å². The molecule has 1 N–H and O–H groups in total. The number of ketones is 1. The largest absolute Gasteiger partial charge is 0.388 e. The molecule has 0 fully saturated rings. The minimum atomic E-state index is -0.301. The van der Waals surface area contributed by atoms with Crippen molar-refractivity contribution in [3.63, 3.8) is 0 Å². The van der Waals surface area contributed by atoms with Crippen LogP contribution in [-0.4, -0.2) is 22.4 Å². The van der Waals surface area contributed by atoms with Crippen LogP contribution in [-0.2, 0) is 6.54 Å². The van der Waals surface area contributed by atoms with Crippen LogP contribution in [0.25, 0.3) is 16.6 Å². The maximum absolute atomic E-state index is 13.7. The number of carbonyl (C=O) groups is 1. The number of aryl methyl sites for hydroxylation is 1. The van der Waals surface area contributed by atoms with E-state index in [9.17, 15) is 9.59 Å². The third-order valence-electron chi connectivity index (χ3n) is 5.61. The van der Waals surface area contributed by atoms with Crippen molar-refractivity contribution in [1.82, 2.24) is 14.9 Å². The molecule has 0 unspecified atom stereocenters. The van der Waals surface area contributed by atoms with E-state index in [1.165, 1.54) is 0 Å². The standard InChI is InChI=1S/C27H24BrN3O2/c1-4-23(29-3)19-9-5-6-10-20(19)26(32)22-16-31(15-18-8-7-11-25(28)30-18)24-13-12-17(2)14-21(24)27(22)33/h4-14,16,29H,15H2,1-3H3/b23-4+. The zero-order valence-electron chi connectivity index (χ0n) is 18.7. The number of fused-ring (bicyclic) bond motifs is 1. The fraction of sp³-hybridized carbons (Fsp3) is 0.148. The van der Waals surface area contributed by atoms with Crippen LogP contribution in [0.5, 0.6) is 0 Å². The van der Waals surface area contributed by atoms with Gasteiger partial charge in [0.2, 0.25) is 5.43 Å². The second-order valence-corrected chi connectivity index (χ2v) is 8.61. The number of halogens is 1. The highest BCUT2D eigenvalue weighted by atomic mass is 79.9. The van der Waals surface area contributed by atoms with Crippen LogP contribution in [0, 0.1) is 6.92 Å². The van der Waals surface area contributed by atoms with Gasteiger partial charge in [-0.25, -0.2) is 4.98 Å². The maximum Gasteiger partial charge on any atom is 0.200 e. The molecular weight excluding hydrogens is 478 g/mol. The van der Waals surface area contributed by atoms with Crippen LogP contribution in [0.3, 0.4) is 0 Å². The minimum Gasteiger partial charge on any atom is -0.388 e. The van der Waals surface area contributed by atoms with Gasteiger partial charge in [-0.05, 0) is 54.0 Å². The van der Waals surface area contributed by atoms with E-state index >= 15 is 0 Å². The number of carbonyl (C=O) groups excluding carboxylic acids is 1. The van der Waals surface area contributed by atoms with Gasteiger partial charge >= 0.3 is 0 Å². The summed E-state index contributed by atoms with van der Waals surface area (Å²) in [6.07, 6.45) is 3.57. The first kappa shape index (κ1) is 22.7. The molecule has 0 radical (unpaired) electrons. The summed E-state index contributed by atoms with van der Waals surface area (Å²) < 4.78 is 2.66. The van der Waals surface area contributed by atoms with E-state index in [0.717, 1.165) is 32.6 Å². The van der Waals surface area contributed by atoms with Crippen LogP contribution in [0.15, 0.2) is 82.3 Å². The number of rotatable bonds is 6. The van der Waals surface area contributed by atoms with Gasteiger partial charge in [0.05, 0.1) is 23.3 Å². The molecule has 0 saturated heterocycles. The molecule has 2 aromatic heterocycles. The van der Waals surface area contributed by atoms with Gasteiger partial charge in [-0.3, -0.25) is 9.59 Å². The second kappa shape index (κ2) is 9.55. The Balaban J connectivity index is 1.93. The summed E-state index contributed by atoms with van der Waals surface area (Å²) in [7, 11) is 1.81. The molecule has 0 saturated carbocycles. The number of hydrogen-bond donors (Lipinski definition) is 1. The topological polar surface area (TPSA) is 64.0 Å². The summed E-state index contributed by atoms with van der Waals surface area (Å²) in [6.45, 7) is 4.27. The first-order valence-electron chi connectivity index (χ1n) is 10.7. The highest BCUT2D eigenvalue weighted by Gasteiger charge is 2.21. The van der Waals surface area contributed by atoms with Crippen molar-refractivity contribution in [3.05, 3.63) is 116 Å². The Morgan fingerprint density at radius 1 is 1.06 bits per heavy atom. The Morgan fingerprint density at radius 3 is 2.52 bits per heavy atom. The van der Waals surface area contributed by atoms with Crippen molar-refractivity contribution in [2.24, 2.45) is 0 Å². The molecule has 2 aromatic carbocycles. The summed E-state index contributed by atoms with van der Waals surface area (Å²) >= 11 is 3.41. The van der Waals surface area contributed by atoms with E-state index in [1.54, 1.807) is 12.3 Å². The van der Waals surface area contributed by atoms with Gasteiger partial charge in [0.1, 0.15) is 4.60 Å². The monoisotopic (exact) mass is 501 g/mol. The first-order chi connectivity index (χ1) is 15.9. The summed E-state index contributed by atoms with van der Waals surface area (Å²) in [5.41, 5.74) is 4.49. The zero-order chi connectivity index (χ0) is 23.5. The molecule has 5 nitrogen and oxygen atoms in total. The Morgan fingerprint density at radius 2 is 1.82 bits per heavy atom. The molecule has 0 amide bonds. The van der Waals surface area contributed by atoms with Crippen molar-refractivity contribution in [3.8, 4) is 0 Å². The molecule has 166 valence electrons. The highest BCUT2D eigenvalue weighted by molar-refractivity contribution is 9.10. The summed E-state index contributed by atoms with van der Waals surface area (Å²) in [5.74, 6) is -0.301. The van der Waals surface area contributed by atoms with Gasteiger partial charge in [-0.1, -0.05) is 48.0 Å². The SMILES string of the molecule is C/C=C(/NC)c1ccccc1C(=O)c1cn(Cc2cccc(Br)n2)c2ccc(C)cc2c1=O. The summed E-state index contributed by atoms with van der Waals surface area (Å²) in [6, 6.07) is 18.8. The average Bonchev–Trinajstić information content (AvgIpc) is 2.81. The van der Waals surface area contributed by atoms with Gasteiger partial charge < -0.3 is 9.88 Å². The van der Waals surface area contributed by atoms with E-state index in [4.69, 9.17) is 0 Å². The molecule has 4 aromatic rings. The number of pyridine rings is 2. The predicted molar refractivity (Wildman–Crippen MR) is 137 cm³/mol. The quantitative estimate of drug-likeness (QED) is 0.286. The molecule has 0 aliphatic rings. The fourth-order valence-electron chi connectivity index (χ4n) is 4.01. The number of nitrogens with one attached hydrogen (secondary N) is 1. The number of hydrogen-bond acceptors (Lipinski definition) is 4. The second-order valence-electron chi connectivity index (χ2n) is 7.80. The van der Waals surface area contributed by atoms with Crippen LogP contribution >= 0.6 is 15.9 Å². The molecule has 0 bridgehead atoms. The lowest BCUT2D eigenvalue weighted by Gasteiger charge is -2.15. The lowest BCUT2D eigenvalue weighted by Crippen LogP contribution is -2.22. The molecule has 0 aliphatic heterocycles. The van der Waals surface area contributed by atoms with Gasteiger partial charge in [0.25, 0.3) is 0 Å². The molecule has 0 atom stereocenters. The van der Waals surface area contributed by atoms with E-state index in [0.29, 0.717) is 17.5 Å². The van der Waals surface area contributed by atoms with Gasteiger partial charge in [0.15, 0.2) is 5.78 Å². The first-order valence-corrected chi connectivity index (χ1v) is 11.5. The van der Waals surface area contributed by atoms with Crippen molar-refractivity contribution >= 4 is 38.3 Å². The Kier molecular flexibility index (Phi) is 6.56. The van der Waals surface area contributed by atoms with Gasteiger partial charge in [-0.2, -0.15) is 0 Å². The van der Waals surface area contributed by atoms with Crippen LogP contribution in [0.4, 0.5) is 0 Å². The molecule has 0 aliphatic carbocycles. The third-order valence-corrected chi connectivity index (χ3v) is 6.05. The molecular formula is C27H24BrN3O2. The minimum absolute atomic E-state index is 0.141. The number of aromatic nitrogens is 2. The molecule has 0 spiro atoms. The molecule has 2 heterocycles. The molecule has 4 rings (SSSR count). The number of nitrogens with zero attached hydrogens (tertiary/aromatic N) is 2. The predicted octanol–water partition coefficient (Wildman–Crippen LogP) is 5.33. The number of benzene rings is 2. The van der Waals surface area contributed by atoms with Gasteiger partial charge in [-0.15, -0.1) is 0 Å². The third kappa shape index (κ3) is 4.52. The van der Waals surface area contributed by atoms with E-state index < -0.39 is 0 Å². The summed E-state index contributed by atoms with van der Waals surface area (Å²) in [4.78, 5) is 31.7. The van der Waals surface area contributed by atoms with Gasteiger partial charge in [0, 0.05) is 35.5 Å². The normalized spacial score (nSPS) is 11.6. The smallest absolute Gasteiger partial charge is 0.200 e.